The predicted octanol–water partition coefficient (Wildman–Crippen LogP) is 4.62. The fourth-order valence-electron chi connectivity index (χ4n) is 2.86. The SMILES string of the molecule is [2H]C1(CCOS(=O)(=O)c2ccc(C)cc2N=NN(CC)CC)CCCC1. The molecule has 0 unspecified atom stereocenters. The first-order chi connectivity index (χ1) is 12.3. The Bertz CT molecular complexity index is 727. The second-order valence-corrected chi connectivity index (χ2v) is 7.87. The van der Waals surface area contributed by atoms with Gasteiger partial charge in [-0.25, -0.2) is 0 Å². The average Bonchev–Trinajstić information content (AvgIpc) is 3.02. The molecule has 1 saturated carbocycles. The number of nitrogens with zero attached hydrogens (tertiary/aromatic N) is 3. The maximum absolute atomic E-state index is 12.6. The molecule has 1 aliphatic rings. The highest BCUT2D eigenvalue weighted by atomic mass is 32.2. The average molecular weight is 369 g/mol. The minimum Gasteiger partial charge on any atom is -0.279 e. The molecule has 25 heavy (non-hydrogen) atoms. The van der Waals surface area contributed by atoms with Gasteiger partial charge in [-0.15, -0.1) is 5.11 Å². The Morgan fingerprint density at radius 2 is 1.96 bits per heavy atom. The Labute approximate surface area is 152 Å². The van der Waals surface area contributed by atoms with Crippen molar-refractivity contribution in [2.45, 2.75) is 57.8 Å². The van der Waals surface area contributed by atoms with Gasteiger partial charge in [0, 0.05) is 14.5 Å². The molecule has 1 fully saturated rings. The van der Waals surface area contributed by atoms with Gasteiger partial charge in [-0.05, 0) is 50.8 Å². The first-order valence-corrected chi connectivity index (χ1v) is 10.4. The van der Waals surface area contributed by atoms with Crippen LogP contribution in [0, 0.1) is 12.8 Å². The van der Waals surface area contributed by atoms with E-state index in [1.54, 1.807) is 17.1 Å². The van der Waals surface area contributed by atoms with Crippen molar-refractivity contribution in [3.63, 3.8) is 0 Å². The third kappa shape index (κ3) is 5.78. The summed E-state index contributed by atoms with van der Waals surface area (Å²) in [5.41, 5.74) is 1.17. The van der Waals surface area contributed by atoms with E-state index in [2.05, 4.69) is 10.3 Å². The van der Waals surface area contributed by atoms with E-state index in [1.807, 2.05) is 20.8 Å². The third-order valence-electron chi connectivity index (χ3n) is 4.40. The van der Waals surface area contributed by atoms with Crippen LogP contribution in [-0.2, 0) is 14.3 Å². The molecule has 1 aromatic rings. The van der Waals surface area contributed by atoms with Gasteiger partial charge in [-0.1, -0.05) is 37.0 Å². The molecule has 6 nitrogen and oxygen atoms in total. The number of rotatable bonds is 9. The molecule has 2 rings (SSSR count). The van der Waals surface area contributed by atoms with Gasteiger partial charge in [-0.3, -0.25) is 9.19 Å². The van der Waals surface area contributed by atoms with E-state index in [9.17, 15) is 8.42 Å². The molecule has 0 aliphatic heterocycles. The summed E-state index contributed by atoms with van der Waals surface area (Å²) in [5, 5.41) is 9.98. The summed E-state index contributed by atoms with van der Waals surface area (Å²) in [4.78, 5) is 0.0180. The van der Waals surface area contributed by atoms with Crippen molar-refractivity contribution in [2.24, 2.45) is 16.2 Å². The van der Waals surface area contributed by atoms with Gasteiger partial charge in [0.15, 0.2) is 0 Å². The summed E-state index contributed by atoms with van der Waals surface area (Å²) in [6.45, 7) is 7.19. The summed E-state index contributed by atoms with van der Waals surface area (Å²) in [7, 11) is -3.94. The number of hydrogen-bond acceptors (Lipinski definition) is 5. The largest absolute Gasteiger partial charge is 0.299 e. The van der Waals surface area contributed by atoms with Gasteiger partial charge in [0.2, 0.25) is 0 Å². The van der Waals surface area contributed by atoms with Gasteiger partial charge in [0.1, 0.15) is 10.6 Å². The van der Waals surface area contributed by atoms with Gasteiger partial charge in [0.25, 0.3) is 10.1 Å². The van der Waals surface area contributed by atoms with Crippen molar-refractivity contribution in [2.75, 3.05) is 19.7 Å². The Morgan fingerprint density at radius 1 is 1.28 bits per heavy atom. The summed E-state index contributed by atoms with van der Waals surface area (Å²) in [5.74, 6) is -0.548. The van der Waals surface area contributed by atoms with Crippen LogP contribution in [0.25, 0.3) is 0 Å². The number of aryl methyl sites for hydroxylation is 1. The van der Waals surface area contributed by atoms with E-state index in [4.69, 9.17) is 5.55 Å². The van der Waals surface area contributed by atoms with Crippen molar-refractivity contribution < 1.29 is 14.0 Å². The maximum atomic E-state index is 12.6. The molecule has 0 heterocycles. The van der Waals surface area contributed by atoms with Crippen LogP contribution in [0.1, 0.15) is 52.9 Å². The predicted molar refractivity (Wildman–Crippen MR) is 98.3 cm³/mol. The van der Waals surface area contributed by atoms with E-state index < -0.39 is 16.0 Å². The monoisotopic (exact) mass is 368 g/mol. The summed E-state index contributed by atoms with van der Waals surface area (Å²) in [6, 6.07) is 4.91. The minimum absolute atomic E-state index is 0.0180. The lowest BCUT2D eigenvalue weighted by molar-refractivity contribution is 0.282. The van der Waals surface area contributed by atoms with Crippen molar-refractivity contribution in [3.8, 4) is 0 Å². The highest BCUT2D eigenvalue weighted by molar-refractivity contribution is 7.87. The van der Waals surface area contributed by atoms with Gasteiger partial charge in [0.05, 0.1) is 6.61 Å². The fourth-order valence-corrected chi connectivity index (χ4v) is 3.88. The Balaban J connectivity index is 2.14. The zero-order valence-corrected chi connectivity index (χ0v) is 16.2. The molecule has 140 valence electrons. The Morgan fingerprint density at radius 3 is 2.60 bits per heavy atom. The van der Waals surface area contributed by atoms with Gasteiger partial charge >= 0.3 is 0 Å². The summed E-state index contributed by atoms with van der Waals surface area (Å²) < 4.78 is 38.8. The van der Waals surface area contributed by atoms with Crippen molar-refractivity contribution in [1.29, 1.82) is 0 Å². The first-order valence-electron chi connectivity index (χ1n) is 9.46. The zero-order valence-electron chi connectivity index (χ0n) is 16.4. The van der Waals surface area contributed by atoms with Crippen LogP contribution in [0.15, 0.2) is 33.4 Å². The zero-order chi connectivity index (χ0) is 19.2. The lowest BCUT2D eigenvalue weighted by Gasteiger charge is -2.13. The number of hydrogen-bond donors (Lipinski definition) is 0. The molecule has 0 N–H and O–H groups in total. The molecular weight excluding hydrogens is 338 g/mol. The van der Waals surface area contributed by atoms with E-state index >= 15 is 0 Å². The Hall–Kier alpha value is -1.47. The molecule has 0 radical (unpaired) electrons. The fraction of sp³-hybridized carbons (Fsp3) is 0.667. The number of benzene rings is 1. The standard InChI is InChI=1S/C18H29N3O3S/c1-4-21(5-2)20-19-17-14-15(3)10-11-18(17)25(22,23)24-13-12-16-8-6-7-9-16/h10-11,14,16H,4-9,12-13H2,1-3H3/i16D. The maximum Gasteiger partial charge on any atom is 0.299 e. The van der Waals surface area contributed by atoms with E-state index in [0.29, 0.717) is 19.5 Å². The van der Waals surface area contributed by atoms with Crippen LogP contribution < -0.4 is 0 Å². The first kappa shape index (κ1) is 18.3. The van der Waals surface area contributed by atoms with Crippen molar-refractivity contribution >= 4 is 15.8 Å². The van der Waals surface area contributed by atoms with Crippen molar-refractivity contribution in [3.05, 3.63) is 23.8 Å². The molecule has 0 aromatic heterocycles. The van der Waals surface area contributed by atoms with Crippen molar-refractivity contribution in [1.82, 2.24) is 5.01 Å². The minimum atomic E-state index is -3.94. The summed E-state index contributed by atoms with van der Waals surface area (Å²) >= 11 is 0. The lowest BCUT2D eigenvalue weighted by Crippen LogP contribution is -2.14. The molecule has 0 atom stereocenters. The van der Waals surface area contributed by atoms with Gasteiger partial charge < -0.3 is 0 Å². The van der Waals surface area contributed by atoms with Crippen LogP contribution >= 0.6 is 0 Å². The molecule has 7 heteroatoms. The topological polar surface area (TPSA) is 71.3 Å². The van der Waals surface area contributed by atoms with Crippen LogP contribution in [-0.4, -0.2) is 33.1 Å². The highest BCUT2D eigenvalue weighted by Gasteiger charge is 2.22. The molecule has 0 bridgehead atoms. The van der Waals surface area contributed by atoms with E-state index in [-0.39, 0.29) is 17.2 Å². The Kier molecular flexibility index (Phi) is 6.81. The van der Waals surface area contributed by atoms with Crippen LogP contribution in [0.3, 0.4) is 0 Å². The molecule has 1 aliphatic carbocycles. The quantitative estimate of drug-likeness (QED) is 0.362. The lowest BCUT2D eigenvalue weighted by atomic mass is 10.1. The normalized spacial score (nSPS) is 17.8. The van der Waals surface area contributed by atoms with Crippen LogP contribution in [0.2, 0.25) is 0 Å². The molecule has 0 amide bonds. The summed E-state index contributed by atoms with van der Waals surface area (Å²) in [6.07, 6.45) is 4.11. The van der Waals surface area contributed by atoms with E-state index in [0.717, 1.165) is 31.2 Å². The molecule has 0 saturated heterocycles. The molecule has 0 spiro atoms. The van der Waals surface area contributed by atoms with Gasteiger partial charge in [-0.2, -0.15) is 8.42 Å². The van der Waals surface area contributed by atoms with E-state index in [1.165, 1.54) is 6.07 Å². The molecular formula is C18H29N3O3S. The van der Waals surface area contributed by atoms with Crippen LogP contribution in [0.5, 0.6) is 0 Å². The second kappa shape index (κ2) is 9.29. The second-order valence-electron chi connectivity index (χ2n) is 6.28. The molecule has 1 aromatic carbocycles. The third-order valence-corrected chi connectivity index (χ3v) is 5.76. The van der Waals surface area contributed by atoms with Crippen LogP contribution in [0.4, 0.5) is 5.69 Å². The highest BCUT2D eigenvalue weighted by Crippen LogP contribution is 2.30. The smallest absolute Gasteiger partial charge is 0.279 e.